The van der Waals surface area contributed by atoms with E-state index in [9.17, 15) is 9.59 Å². The first-order valence-corrected chi connectivity index (χ1v) is 8.56. The van der Waals surface area contributed by atoms with Gasteiger partial charge < -0.3 is 15.4 Å². The lowest BCUT2D eigenvalue weighted by atomic mass is 10.2. The lowest BCUT2D eigenvalue weighted by Crippen LogP contribution is -2.21. The highest BCUT2D eigenvalue weighted by atomic mass is 16.5. The van der Waals surface area contributed by atoms with Crippen LogP contribution in [0.3, 0.4) is 0 Å². The molecule has 6 heteroatoms. The van der Waals surface area contributed by atoms with Crippen molar-refractivity contribution in [2.45, 2.75) is 6.42 Å². The number of carbonyl (C=O) groups excluding carboxylic acids is 2. The molecule has 0 radical (unpaired) electrons. The highest BCUT2D eigenvalue weighted by molar-refractivity contribution is 6.08. The first kappa shape index (κ1) is 18.7. The number of nitrogens with zero attached hydrogens (tertiary/aromatic N) is 1. The van der Waals surface area contributed by atoms with Gasteiger partial charge in [0.25, 0.3) is 0 Å². The lowest BCUT2D eigenvalue weighted by molar-refractivity contribution is -0.123. The molecule has 6 nitrogen and oxygen atoms in total. The average Bonchev–Trinajstić information content (AvgIpc) is 2.70. The molecule has 3 aromatic carbocycles. The topological polar surface area (TPSA) is 91.2 Å². The molecule has 0 unspecified atom stereocenters. The summed E-state index contributed by atoms with van der Waals surface area (Å²) in [5.74, 6) is 0.400. The Morgan fingerprint density at radius 2 is 1.39 bits per heavy atom. The molecule has 0 aliphatic carbocycles. The molecule has 3 rings (SSSR count). The number of hydrogen-bond acceptors (Lipinski definition) is 4. The summed E-state index contributed by atoms with van der Waals surface area (Å²) < 4.78 is 5.69. The van der Waals surface area contributed by atoms with E-state index < -0.39 is 11.8 Å². The third kappa shape index (κ3) is 5.19. The number of anilines is 2. The molecule has 0 aliphatic heterocycles. The molecule has 28 heavy (non-hydrogen) atoms. The minimum absolute atomic E-state index is 0.338. The van der Waals surface area contributed by atoms with Crippen molar-refractivity contribution < 1.29 is 14.3 Å². The number of rotatable bonds is 6. The number of nitriles is 1. The fourth-order valence-corrected chi connectivity index (χ4v) is 2.47. The molecule has 0 atom stereocenters. The average molecular weight is 371 g/mol. The van der Waals surface area contributed by atoms with Gasteiger partial charge in [0.15, 0.2) is 0 Å². The molecule has 0 saturated carbocycles. The van der Waals surface area contributed by atoms with Gasteiger partial charge >= 0.3 is 0 Å². The van der Waals surface area contributed by atoms with Gasteiger partial charge in [-0.3, -0.25) is 9.59 Å². The maximum absolute atomic E-state index is 12.1. The molecule has 0 heterocycles. The van der Waals surface area contributed by atoms with Crippen LogP contribution >= 0.6 is 0 Å². The minimum atomic E-state index is -0.496. The van der Waals surface area contributed by atoms with Crippen LogP contribution < -0.4 is 15.4 Å². The van der Waals surface area contributed by atoms with Gasteiger partial charge in [-0.2, -0.15) is 5.26 Å². The number of ether oxygens (including phenoxy) is 1. The molecule has 0 fully saturated rings. The maximum atomic E-state index is 12.1. The molecule has 0 aromatic heterocycles. The maximum Gasteiger partial charge on any atom is 0.233 e. The second kappa shape index (κ2) is 9.01. The molecule has 0 bridgehead atoms. The Labute approximate surface area is 162 Å². The van der Waals surface area contributed by atoms with Gasteiger partial charge in [0.1, 0.15) is 24.0 Å². The van der Waals surface area contributed by atoms with E-state index in [4.69, 9.17) is 10.00 Å². The summed E-state index contributed by atoms with van der Waals surface area (Å²) in [6.07, 6.45) is -0.359. The molecular weight excluding hydrogens is 354 g/mol. The van der Waals surface area contributed by atoms with Crippen molar-refractivity contribution in [1.82, 2.24) is 0 Å². The summed E-state index contributed by atoms with van der Waals surface area (Å²) in [4.78, 5) is 24.1. The van der Waals surface area contributed by atoms with Gasteiger partial charge in [0.2, 0.25) is 11.8 Å². The second-order valence-corrected chi connectivity index (χ2v) is 5.87. The van der Waals surface area contributed by atoms with Crippen LogP contribution in [0.5, 0.6) is 11.5 Å². The Morgan fingerprint density at radius 3 is 2.11 bits per heavy atom. The van der Waals surface area contributed by atoms with Gasteiger partial charge in [-0.05, 0) is 48.5 Å². The summed E-state index contributed by atoms with van der Waals surface area (Å²) in [7, 11) is 0. The number of para-hydroxylation sites is 2. The van der Waals surface area contributed by atoms with Crippen LogP contribution in [0.15, 0.2) is 78.9 Å². The highest BCUT2D eigenvalue weighted by Crippen LogP contribution is 2.22. The van der Waals surface area contributed by atoms with Gasteiger partial charge in [-0.1, -0.05) is 30.3 Å². The first-order valence-electron chi connectivity index (χ1n) is 8.56. The normalized spacial score (nSPS) is 9.82. The smallest absolute Gasteiger partial charge is 0.233 e. The van der Waals surface area contributed by atoms with E-state index in [0.717, 1.165) is 0 Å². The summed E-state index contributed by atoms with van der Waals surface area (Å²) in [5.41, 5.74) is 1.27. The Morgan fingerprint density at radius 1 is 0.786 bits per heavy atom. The van der Waals surface area contributed by atoms with Gasteiger partial charge in [0, 0.05) is 5.69 Å². The number of benzene rings is 3. The van der Waals surface area contributed by atoms with Crippen LogP contribution in [0.1, 0.15) is 12.0 Å². The van der Waals surface area contributed by atoms with Crippen LogP contribution in [0.4, 0.5) is 11.4 Å². The third-order valence-electron chi connectivity index (χ3n) is 3.76. The van der Waals surface area contributed by atoms with E-state index in [-0.39, 0.29) is 6.42 Å². The fraction of sp³-hybridized carbons (Fsp3) is 0.0455. The van der Waals surface area contributed by atoms with Crippen LogP contribution in [-0.2, 0) is 9.59 Å². The zero-order valence-electron chi connectivity index (χ0n) is 14.9. The van der Waals surface area contributed by atoms with Crippen molar-refractivity contribution in [1.29, 1.82) is 5.26 Å². The molecule has 3 aromatic rings. The molecule has 138 valence electrons. The van der Waals surface area contributed by atoms with Crippen molar-refractivity contribution in [2.24, 2.45) is 0 Å². The number of hydrogen-bond donors (Lipinski definition) is 2. The van der Waals surface area contributed by atoms with Gasteiger partial charge in [0.05, 0.1) is 11.3 Å². The number of nitrogens with one attached hydrogen (secondary N) is 2. The van der Waals surface area contributed by atoms with E-state index in [2.05, 4.69) is 10.6 Å². The Kier molecular flexibility index (Phi) is 6.01. The second-order valence-electron chi connectivity index (χ2n) is 5.87. The van der Waals surface area contributed by atoms with Crippen LogP contribution in [0, 0.1) is 11.3 Å². The fourth-order valence-electron chi connectivity index (χ4n) is 2.47. The summed E-state index contributed by atoms with van der Waals surface area (Å²) in [6.45, 7) is 0. The van der Waals surface area contributed by atoms with Crippen LogP contribution in [0.25, 0.3) is 0 Å². The predicted octanol–water partition coefficient (Wildman–Crippen LogP) is 4.32. The highest BCUT2D eigenvalue weighted by Gasteiger charge is 2.12. The zero-order chi connectivity index (χ0) is 19.8. The summed E-state index contributed by atoms with van der Waals surface area (Å²) in [6, 6.07) is 24.8. The van der Waals surface area contributed by atoms with Crippen molar-refractivity contribution >= 4 is 23.2 Å². The first-order chi connectivity index (χ1) is 13.6. The molecular formula is C22H17N3O3. The SMILES string of the molecule is N#Cc1ccccc1NC(=O)CC(=O)Nc1ccc(Oc2ccccc2)cc1. The number of carbonyl (C=O) groups is 2. The van der Waals surface area contributed by atoms with Crippen molar-refractivity contribution in [3.8, 4) is 17.6 Å². The molecule has 0 spiro atoms. The van der Waals surface area contributed by atoms with E-state index in [1.165, 1.54) is 0 Å². The Balaban J connectivity index is 1.53. The Hall–Kier alpha value is -4.11. The molecule has 0 aliphatic rings. The predicted molar refractivity (Wildman–Crippen MR) is 106 cm³/mol. The molecule has 2 N–H and O–H groups in total. The van der Waals surface area contributed by atoms with Crippen molar-refractivity contribution in [2.75, 3.05) is 10.6 Å². The van der Waals surface area contributed by atoms with Crippen LogP contribution in [-0.4, -0.2) is 11.8 Å². The monoisotopic (exact) mass is 371 g/mol. The van der Waals surface area contributed by atoms with E-state index >= 15 is 0 Å². The van der Waals surface area contributed by atoms with E-state index in [1.807, 2.05) is 36.4 Å². The number of amides is 2. The Bertz CT molecular complexity index is 1010. The third-order valence-corrected chi connectivity index (χ3v) is 3.76. The molecule has 2 amide bonds. The summed E-state index contributed by atoms with van der Waals surface area (Å²) >= 11 is 0. The summed E-state index contributed by atoms with van der Waals surface area (Å²) in [5, 5.41) is 14.3. The zero-order valence-corrected chi connectivity index (χ0v) is 14.9. The minimum Gasteiger partial charge on any atom is -0.457 e. The van der Waals surface area contributed by atoms with Gasteiger partial charge in [-0.15, -0.1) is 0 Å². The largest absolute Gasteiger partial charge is 0.457 e. The quantitative estimate of drug-likeness (QED) is 0.631. The van der Waals surface area contributed by atoms with Crippen LogP contribution in [0.2, 0.25) is 0 Å². The van der Waals surface area contributed by atoms with E-state index in [0.29, 0.717) is 28.4 Å². The standard InChI is InChI=1S/C22H17N3O3/c23-15-16-6-4-5-9-20(16)25-22(27)14-21(26)24-17-10-12-19(13-11-17)28-18-7-2-1-3-8-18/h1-13H,14H2,(H,24,26)(H,25,27). The lowest BCUT2D eigenvalue weighted by Gasteiger charge is -2.09. The van der Waals surface area contributed by atoms with Gasteiger partial charge in [-0.25, -0.2) is 0 Å². The van der Waals surface area contributed by atoms with Crippen molar-refractivity contribution in [3.63, 3.8) is 0 Å². The van der Waals surface area contributed by atoms with Crippen molar-refractivity contribution in [3.05, 3.63) is 84.4 Å². The van der Waals surface area contributed by atoms with E-state index in [1.54, 1.807) is 48.5 Å². The molecule has 0 saturated heterocycles.